The Bertz CT molecular complexity index is 477. The van der Waals surface area contributed by atoms with E-state index in [0.29, 0.717) is 13.1 Å². The number of piperidine rings is 1. The van der Waals surface area contributed by atoms with Gasteiger partial charge < -0.3 is 14.7 Å². The van der Waals surface area contributed by atoms with Crippen molar-refractivity contribution in [2.45, 2.75) is 19.3 Å². The van der Waals surface area contributed by atoms with E-state index in [1.54, 1.807) is 11.0 Å². The summed E-state index contributed by atoms with van der Waals surface area (Å²) in [5.74, 6) is 0.0167. The number of hydrogen-bond donors (Lipinski definition) is 1. The molecule has 0 spiro atoms. The fraction of sp³-hybridized carbons (Fsp3) is 0.571. The van der Waals surface area contributed by atoms with Crippen LogP contribution in [0.25, 0.3) is 0 Å². The third-order valence-electron chi connectivity index (χ3n) is 3.46. The lowest BCUT2D eigenvalue weighted by molar-refractivity contribution is 0.0640. The maximum atomic E-state index is 12.3. The summed E-state index contributed by atoms with van der Waals surface area (Å²) >= 11 is 0. The van der Waals surface area contributed by atoms with Crippen molar-refractivity contribution in [2.24, 2.45) is 5.92 Å². The zero-order valence-electron chi connectivity index (χ0n) is 11.5. The van der Waals surface area contributed by atoms with Crippen molar-refractivity contribution >= 4 is 5.91 Å². The van der Waals surface area contributed by atoms with Crippen molar-refractivity contribution in [3.63, 3.8) is 0 Å². The summed E-state index contributed by atoms with van der Waals surface area (Å²) in [4.78, 5) is 17.9. The Kier molecular flexibility index (Phi) is 5.44. The van der Waals surface area contributed by atoms with Crippen LogP contribution in [0, 0.1) is 5.92 Å². The summed E-state index contributed by atoms with van der Waals surface area (Å²) in [6, 6.07) is 4.54. The SMILES string of the molecule is O=C(c1cccc(OCC(F)F)n1)N1CCC(CO)CC1. The fourth-order valence-electron chi connectivity index (χ4n) is 2.24. The van der Waals surface area contributed by atoms with Gasteiger partial charge in [-0.15, -0.1) is 0 Å². The van der Waals surface area contributed by atoms with Crippen molar-refractivity contribution in [1.82, 2.24) is 9.88 Å². The van der Waals surface area contributed by atoms with E-state index >= 15 is 0 Å². The predicted molar refractivity (Wildman–Crippen MR) is 71.4 cm³/mol. The van der Waals surface area contributed by atoms with Gasteiger partial charge in [-0.05, 0) is 24.8 Å². The van der Waals surface area contributed by atoms with E-state index in [1.165, 1.54) is 12.1 Å². The first-order valence-electron chi connectivity index (χ1n) is 6.88. The maximum Gasteiger partial charge on any atom is 0.272 e. The van der Waals surface area contributed by atoms with Crippen LogP contribution in [-0.4, -0.2) is 53.6 Å². The van der Waals surface area contributed by atoms with E-state index in [4.69, 9.17) is 9.84 Å². The standard InChI is InChI=1S/C14H18F2N2O3/c15-12(16)9-21-13-3-1-2-11(17-13)14(20)18-6-4-10(8-19)5-7-18/h1-3,10,12,19H,4-9H2. The summed E-state index contributed by atoms with van der Waals surface area (Å²) in [6.07, 6.45) is -1.07. The lowest BCUT2D eigenvalue weighted by atomic mass is 9.98. The lowest BCUT2D eigenvalue weighted by Crippen LogP contribution is -2.39. The molecule has 1 amide bonds. The van der Waals surface area contributed by atoms with Crippen molar-refractivity contribution in [3.8, 4) is 5.88 Å². The molecule has 2 heterocycles. The minimum absolute atomic E-state index is 0.0198. The number of carbonyl (C=O) groups excluding carboxylic acids is 1. The summed E-state index contributed by atoms with van der Waals surface area (Å²) in [7, 11) is 0. The highest BCUT2D eigenvalue weighted by Gasteiger charge is 2.24. The molecule has 116 valence electrons. The van der Waals surface area contributed by atoms with Crippen molar-refractivity contribution in [2.75, 3.05) is 26.3 Å². The van der Waals surface area contributed by atoms with Gasteiger partial charge in [0.15, 0.2) is 6.61 Å². The number of likely N-dealkylation sites (tertiary alicyclic amines) is 1. The Hall–Kier alpha value is -1.76. The first-order valence-corrected chi connectivity index (χ1v) is 6.88. The topological polar surface area (TPSA) is 62.7 Å². The lowest BCUT2D eigenvalue weighted by Gasteiger charge is -2.30. The van der Waals surface area contributed by atoms with Crippen LogP contribution in [0.4, 0.5) is 8.78 Å². The third-order valence-corrected chi connectivity index (χ3v) is 3.46. The molecule has 1 fully saturated rings. The van der Waals surface area contributed by atoms with E-state index in [-0.39, 0.29) is 30.0 Å². The molecule has 2 rings (SSSR count). The Morgan fingerprint density at radius 3 is 2.76 bits per heavy atom. The van der Waals surface area contributed by atoms with Crippen molar-refractivity contribution in [1.29, 1.82) is 0 Å². The largest absolute Gasteiger partial charge is 0.472 e. The second kappa shape index (κ2) is 7.31. The molecule has 0 aromatic carbocycles. The highest BCUT2D eigenvalue weighted by atomic mass is 19.3. The van der Waals surface area contributed by atoms with E-state index < -0.39 is 13.0 Å². The van der Waals surface area contributed by atoms with Gasteiger partial charge in [-0.2, -0.15) is 0 Å². The Morgan fingerprint density at radius 1 is 1.43 bits per heavy atom. The molecule has 1 aliphatic heterocycles. The Labute approximate surface area is 121 Å². The number of rotatable bonds is 5. The second-order valence-corrected chi connectivity index (χ2v) is 4.98. The summed E-state index contributed by atoms with van der Waals surface area (Å²) in [5.41, 5.74) is 0.184. The quantitative estimate of drug-likeness (QED) is 0.896. The average Bonchev–Trinajstić information content (AvgIpc) is 2.52. The molecule has 0 radical (unpaired) electrons. The third kappa shape index (κ3) is 4.35. The van der Waals surface area contributed by atoms with Crippen LogP contribution in [0.3, 0.4) is 0 Å². The molecule has 0 unspecified atom stereocenters. The Morgan fingerprint density at radius 2 is 2.14 bits per heavy atom. The molecule has 1 aromatic heterocycles. The number of aliphatic hydroxyl groups excluding tert-OH is 1. The molecule has 1 aliphatic rings. The minimum Gasteiger partial charge on any atom is -0.472 e. The van der Waals surface area contributed by atoms with Crippen LogP contribution in [0.5, 0.6) is 5.88 Å². The molecule has 0 aliphatic carbocycles. The molecule has 0 bridgehead atoms. The molecule has 1 aromatic rings. The summed E-state index contributed by atoms with van der Waals surface area (Å²) < 4.78 is 29.0. The molecule has 1 saturated heterocycles. The van der Waals surface area contributed by atoms with Crippen LogP contribution in [0.15, 0.2) is 18.2 Å². The number of hydrogen-bond acceptors (Lipinski definition) is 4. The average molecular weight is 300 g/mol. The number of aromatic nitrogens is 1. The van der Waals surface area contributed by atoms with Gasteiger partial charge >= 0.3 is 0 Å². The summed E-state index contributed by atoms with van der Waals surface area (Å²) in [6.45, 7) is 0.519. The van der Waals surface area contributed by atoms with Crippen LogP contribution < -0.4 is 4.74 Å². The molecule has 1 N–H and O–H groups in total. The number of carbonyl (C=O) groups is 1. The zero-order chi connectivity index (χ0) is 15.2. The molecule has 5 nitrogen and oxygen atoms in total. The molecular formula is C14H18F2N2O3. The number of aliphatic hydroxyl groups is 1. The van der Waals surface area contributed by atoms with E-state index in [1.807, 2.05) is 0 Å². The van der Waals surface area contributed by atoms with Gasteiger partial charge in [0.25, 0.3) is 12.3 Å². The first kappa shape index (κ1) is 15.6. The zero-order valence-corrected chi connectivity index (χ0v) is 11.5. The van der Waals surface area contributed by atoms with Crippen LogP contribution in [-0.2, 0) is 0 Å². The smallest absolute Gasteiger partial charge is 0.272 e. The van der Waals surface area contributed by atoms with Gasteiger partial charge in [0, 0.05) is 25.8 Å². The van der Waals surface area contributed by atoms with Gasteiger partial charge in [-0.1, -0.05) is 6.07 Å². The number of pyridine rings is 1. The predicted octanol–water partition coefficient (Wildman–Crippen LogP) is 1.57. The normalized spacial score (nSPS) is 16.3. The maximum absolute atomic E-state index is 12.3. The highest BCUT2D eigenvalue weighted by molar-refractivity contribution is 5.92. The molecule has 0 atom stereocenters. The van der Waals surface area contributed by atoms with Crippen LogP contribution in [0.1, 0.15) is 23.3 Å². The van der Waals surface area contributed by atoms with Gasteiger partial charge in [-0.3, -0.25) is 4.79 Å². The monoisotopic (exact) mass is 300 g/mol. The minimum atomic E-state index is -2.58. The number of nitrogens with zero attached hydrogens (tertiary/aromatic N) is 2. The number of amides is 1. The van der Waals surface area contributed by atoms with Crippen molar-refractivity contribution < 1.29 is 23.4 Å². The van der Waals surface area contributed by atoms with E-state index in [2.05, 4.69) is 4.98 Å². The number of ether oxygens (including phenoxy) is 1. The molecular weight excluding hydrogens is 282 g/mol. The molecule has 21 heavy (non-hydrogen) atoms. The Balaban J connectivity index is 1.97. The summed E-state index contributed by atoms with van der Waals surface area (Å²) in [5, 5.41) is 9.08. The number of alkyl halides is 2. The van der Waals surface area contributed by atoms with Crippen LogP contribution in [0.2, 0.25) is 0 Å². The van der Waals surface area contributed by atoms with E-state index in [9.17, 15) is 13.6 Å². The van der Waals surface area contributed by atoms with Crippen molar-refractivity contribution in [3.05, 3.63) is 23.9 Å². The van der Waals surface area contributed by atoms with Gasteiger partial charge in [0.05, 0.1) is 0 Å². The molecule has 0 saturated carbocycles. The van der Waals surface area contributed by atoms with Gasteiger partial charge in [0.1, 0.15) is 5.69 Å². The fourth-order valence-corrected chi connectivity index (χ4v) is 2.24. The van der Waals surface area contributed by atoms with Gasteiger partial charge in [0.2, 0.25) is 5.88 Å². The number of halogens is 2. The van der Waals surface area contributed by atoms with Gasteiger partial charge in [-0.25, -0.2) is 13.8 Å². The molecule has 7 heteroatoms. The first-order chi connectivity index (χ1) is 10.1. The second-order valence-electron chi connectivity index (χ2n) is 4.98. The van der Waals surface area contributed by atoms with Crippen LogP contribution >= 0.6 is 0 Å². The highest BCUT2D eigenvalue weighted by Crippen LogP contribution is 2.18. The van der Waals surface area contributed by atoms with E-state index in [0.717, 1.165) is 12.8 Å².